The second-order valence-electron chi connectivity index (χ2n) is 13.1. The van der Waals surface area contributed by atoms with Gasteiger partial charge in [0, 0.05) is 37.3 Å². The highest BCUT2D eigenvalue weighted by molar-refractivity contribution is 7.98. The largest absolute Gasteiger partial charge is 0.483 e. The molecule has 0 fully saturated rings. The number of hydrogen-bond donors (Lipinski definition) is 2. The van der Waals surface area contributed by atoms with E-state index in [1.807, 2.05) is 42.7 Å². The molecular weight excluding hydrogens is 711 g/mol. The molecule has 0 aromatic heterocycles. The van der Waals surface area contributed by atoms with E-state index < -0.39 is 55.6 Å². The molecular formula is C37H49N3O8S3. The summed E-state index contributed by atoms with van der Waals surface area (Å²) in [5, 5.41) is 2.69. The number of likely N-dealkylation sites (N-methyl/N-ethyl adjacent to an activating group) is 1. The van der Waals surface area contributed by atoms with E-state index in [1.54, 1.807) is 30.3 Å². The summed E-state index contributed by atoms with van der Waals surface area (Å²) in [4.78, 5) is 30.8. The summed E-state index contributed by atoms with van der Waals surface area (Å²) >= 11 is 1.37. The Labute approximate surface area is 306 Å². The fraction of sp³-hybridized carbons (Fsp3) is 0.459. The van der Waals surface area contributed by atoms with Crippen molar-refractivity contribution in [3.05, 3.63) is 78.4 Å². The third kappa shape index (κ3) is 10.7. The number of carbonyl (C=O) groups is 2. The molecule has 278 valence electrons. The van der Waals surface area contributed by atoms with E-state index in [2.05, 4.69) is 24.1 Å². The first-order valence-corrected chi connectivity index (χ1v) is 21.7. The summed E-state index contributed by atoms with van der Waals surface area (Å²) in [5.41, 5.74) is 1.46. The van der Waals surface area contributed by atoms with Crippen molar-refractivity contribution in [1.29, 1.82) is 0 Å². The molecule has 51 heavy (non-hydrogen) atoms. The van der Waals surface area contributed by atoms with E-state index in [0.29, 0.717) is 22.7 Å². The fourth-order valence-electron chi connectivity index (χ4n) is 6.44. The number of fused-ring (bicyclic) bond motifs is 1. The Morgan fingerprint density at radius 3 is 2.20 bits per heavy atom. The van der Waals surface area contributed by atoms with E-state index in [1.165, 1.54) is 24.9 Å². The van der Waals surface area contributed by atoms with E-state index in [4.69, 9.17) is 9.29 Å². The highest BCUT2D eigenvalue weighted by Gasteiger charge is 2.42. The molecule has 4 rings (SSSR count). The zero-order valence-electron chi connectivity index (χ0n) is 29.7. The molecule has 2 N–H and O–H groups in total. The number of rotatable bonds is 17. The summed E-state index contributed by atoms with van der Waals surface area (Å²) in [7, 11) is -6.74. The molecule has 14 heteroatoms. The zero-order valence-corrected chi connectivity index (χ0v) is 32.2. The quantitative estimate of drug-likeness (QED) is 0.119. The number of para-hydroxylation sites is 1. The minimum Gasteiger partial charge on any atom is -0.483 e. The lowest BCUT2D eigenvalue weighted by molar-refractivity contribution is -0.136. The normalized spacial score (nSPS) is 15.7. The minimum absolute atomic E-state index is 0.000835. The van der Waals surface area contributed by atoms with Crippen LogP contribution in [0.4, 0.5) is 11.4 Å². The van der Waals surface area contributed by atoms with E-state index >= 15 is 0 Å². The molecule has 1 aliphatic heterocycles. The number of carbonyl (C=O) groups excluding carboxylic acids is 2. The molecule has 0 saturated heterocycles. The van der Waals surface area contributed by atoms with E-state index in [-0.39, 0.29) is 22.9 Å². The molecule has 11 nitrogen and oxygen atoms in total. The predicted octanol–water partition coefficient (Wildman–Crippen LogP) is 6.28. The van der Waals surface area contributed by atoms with Crippen LogP contribution in [0.5, 0.6) is 5.75 Å². The fourth-order valence-corrected chi connectivity index (χ4v) is 9.61. The van der Waals surface area contributed by atoms with Crippen molar-refractivity contribution < 1.29 is 35.7 Å². The molecule has 2 amide bonds. The third-order valence-electron chi connectivity index (χ3n) is 9.15. The maximum atomic E-state index is 14.4. The number of thioether (sulfide) groups is 1. The third-order valence-corrected chi connectivity index (χ3v) is 12.6. The number of nitrogens with one attached hydrogen (secondary N) is 1. The van der Waals surface area contributed by atoms with Crippen molar-refractivity contribution >= 4 is 54.9 Å². The molecule has 0 aliphatic carbocycles. The monoisotopic (exact) mass is 759 g/mol. The van der Waals surface area contributed by atoms with Gasteiger partial charge in [0.05, 0.1) is 27.0 Å². The average Bonchev–Trinajstić information content (AvgIpc) is 3.21. The van der Waals surface area contributed by atoms with Crippen molar-refractivity contribution in [2.45, 2.75) is 68.2 Å². The maximum absolute atomic E-state index is 14.4. The number of anilines is 2. The Hall–Kier alpha value is -3.59. The minimum atomic E-state index is -4.31. The smallest absolute Gasteiger partial charge is 0.266 e. The lowest BCUT2D eigenvalue weighted by atomic mass is 9.79. The Morgan fingerprint density at radius 2 is 1.63 bits per heavy atom. The zero-order chi connectivity index (χ0) is 37.2. The summed E-state index contributed by atoms with van der Waals surface area (Å²) < 4.78 is 66.6. The topological polar surface area (TPSA) is 150 Å². The highest BCUT2D eigenvalue weighted by atomic mass is 32.2. The van der Waals surface area contributed by atoms with Gasteiger partial charge in [-0.3, -0.25) is 14.1 Å². The molecule has 0 saturated carbocycles. The summed E-state index contributed by atoms with van der Waals surface area (Å²) in [6, 6.07) is 20.5. The lowest BCUT2D eigenvalue weighted by Crippen LogP contribution is -2.44. The van der Waals surface area contributed by atoms with Gasteiger partial charge >= 0.3 is 0 Å². The standard InChI is InChI=1S/C37H49N3O8S3/c1-5-7-19-37(20-8-6-2)26-40(29-17-13-10-14-18-29)30-23-32(49-4)31(24-33(30)50(43,44)27-37)48-25-34(41)38-35(28-15-11-9-12-16-28)36(42)39(3)21-22-51(45,46)47/h9-18,23-24,35H,5-8,19-22,25-27H2,1-4H3,(H,38,41)(H,45,46,47)/t35-/m1/s1. The number of ether oxygens (including phenoxy) is 1. The molecule has 1 aliphatic rings. The Balaban J connectivity index is 1.67. The van der Waals surface area contributed by atoms with Crippen molar-refractivity contribution in [1.82, 2.24) is 10.2 Å². The van der Waals surface area contributed by atoms with Gasteiger partial charge in [-0.1, -0.05) is 88.1 Å². The van der Waals surface area contributed by atoms with Gasteiger partial charge in [0.25, 0.3) is 16.0 Å². The molecule has 0 unspecified atom stereocenters. The predicted molar refractivity (Wildman–Crippen MR) is 202 cm³/mol. The Kier molecular flexibility index (Phi) is 14.0. The Morgan fingerprint density at radius 1 is 1.02 bits per heavy atom. The number of benzene rings is 3. The molecule has 0 spiro atoms. The molecule has 1 atom stereocenters. The second-order valence-corrected chi connectivity index (χ2v) is 17.5. The van der Waals surface area contributed by atoms with E-state index in [0.717, 1.165) is 49.1 Å². The number of unbranched alkanes of at least 4 members (excludes halogenated alkanes) is 2. The maximum Gasteiger partial charge on any atom is 0.266 e. The summed E-state index contributed by atoms with van der Waals surface area (Å²) in [6.45, 7) is 3.98. The SMILES string of the molecule is CCCCC1(CCCC)CN(c2ccccc2)c2cc(SC)c(OCC(=O)N[C@@H](C(=O)N(C)CCS(=O)(=O)O)c3ccccc3)cc2S(=O)(=O)C1. The molecule has 3 aromatic rings. The average molecular weight is 760 g/mol. The van der Waals surface area contributed by atoms with E-state index in [9.17, 15) is 26.4 Å². The highest BCUT2D eigenvalue weighted by Crippen LogP contribution is 2.47. The van der Waals surface area contributed by atoms with Gasteiger partial charge in [-0.15, -0.1) is 11.8 Å². The van der Waals surface area contributed by atoms with Crippen LogP contribution in [-0.4, -0.2) is 82.6 Å². The summed E-state index contributed by atoms with van der Waals surface area (Å²) in [6.07, 6.45) is 7.17. The van der Waals surface area contributed by atoms with Crippen LogP contribution in [0.15, 0.2) is 82.6 Å². The van der Waals surface area contributed by atoms with Gasteiger partial charge in [-0.05, 0) is 42.9 Å². The van der Waals surface area contributed by atoms with Gasteiger partial charge in [-0.25, -0.2) is 8.42 Å². The van der Waals surface area contributed by atoms with Gasteiger partial charge in [0.1, 0.15) is 11.8 Å². The van der Waals surface area contributed by atoms with Crippen LogP contribution < -0.4 is 15.0 Å². The lowest BCUT2D eigenvalue weighted by Gasteiger charge is -2.37. The number of amides is 2. The van der Waals surface area contributed by atoms with Crippen molar-refractivity contribution in [2.24, 2.45) is 5.41 Å². The van der Waals surface area contributed by atoms with Crippen LogP contribution in [0.25, 0.3) is 0 Å². The number of hydrogen-bond acceptors (Lipinski definition) is 9. The first-order chi connectivity index (χ1) is 24.2. The second kappa shape index (κ2) is 17.8. The first-order valence-electron chi connectivity index (χ1n) is 17.2. The molecule has 1 heterocycles. The van der Waals surface area contributed by atoms with Gasteiger partial charge in [-0.2, -0.15) is 8.42 Å². The number of sulfone groups is 1. The van der Waals surface area contributed by atoms with Crippen LogP contribution >= 0.6 is 11.8 Å². The van der Waals surface area contributed by atoms with Crippen LogP contribution in [-0.2, 0) is 29.5 Å². The summed E-state index contributed by atoms with van der Waals surface area (Å²) in [5.74, 6) is -1.66. The van der Waals surface area contributed by atoms with Crippen molar-refractivity contribution in [3.8, 4) is 5.75 Å². The van der Waals surface area contributed by atoms with Gasteiger partial charge in [0.15, 0.2) is 16.4 Å². The number of nitrogens with zero attached hydrogens (tertiary/aromatic N) is 2. The molecule has 3 aromatic carbocycles. The van der Waals surface area contributed by atoms with Crippen LogP contribution in [0.2, 0.25) is 0 Å². The molecule has 0 bridgehead atoms. The van der Waals surface area contributed by atoms with Crippen LogP contribution in [0, 0.1) is 5.41 Å². The van der Waals surface area contributed by atoms with Crippen molar-refractivity contribution in [3.63, 3.8) is 0 Å². The Bertz CT molecular complexity index is 1850. The molecule has 0 radical (unpaired) electrons. The van der Waals surface area contributed by atoms with Gasteiger partial charge in [0.2, 0.25) is 5.91 Å². The van der Waals surface area contributed by atoms with Gasteiger partial charge < -0.3 is 19.9 Å². The van der Waals surface area contributed by atoms with Crippen LogP contribution in [0.1, 0.15) is 64.0 Å². The van der Waals surface area contributed by atoms with Crippen LogP contribution in [0.3, 0.4) is 0 Å². The van der Waals surface area contributed by atoms with Crippen molar-refractivity contribution in [2.75, 3.05) is 49.4 Å². The first kappa shape index (κ1) is 40.2.